The first-order chi connectivity index (χ1) is 15.8. The molecule has 0 amide bonds. The third kappa shape index (κ3) is 3.95. The highest BCUT2D eigenvalue weighted by Gasteiger charge is 2.31. The summed E-state index contributed by atoms with van der Waals surface area (Å²) in [6, 6.07) is 12.2. The Morgan fingerprint density at radius 3 is 2.64 bits per heavy atom. The summed E-state index contributed by atoms with van der Waals surface area (Å²) in [6.45, 7) is 1.95. The lowest BCUT2D eigenvalue weighted by Crippen LogP contribution is -2.09. The predicted molar refractivity (Wildman–Crippen MR) is 119 cm³/mol. The highest BCUT2D eigenvalue weighted by Crippen LogP contribution is 2.32. The van der Waals surface area contributed by atoms with Crippen LogP contribution in [0.5, 0.6) is 0 Å². The molecule has 0 bridgehead atoms. The molecule has 0 saturated carbocycles. The van der Waals surface area contributed by atoms with Crippen molar-refractivity contribution in [3.63, 3.8) is 0 Å². The lowest BCUT2D eigenvalue weighted by molar-refractivity contribution is -0.137. The minimum atomic E-state index is -4.50. The molecule has 33 heavy (non-hydrogen) atoms. The number of pyridine rings is 1. The molecule has 0 saturated heterocycles. The monoisotopic (exact) mass is 446 g/mol. The number of rotatable bonds is 4. The molecule has 5 rings (SSSR count). The number of hydrogen-bond donors (Lipinski definition) is 1. The van der Waals surface area contributed by atoms with E-state index in [1.807, 2.05) is 31.2 Å². The Kier molecular flexibility index (Phi) is 4.92. The van der Waals surface area contributed by atoms with Gasteiger partial charge in [-0.15, -0.1) is 0 Å². The van der Waals surface area contributed by atoms with Crippen LogP contribution in [-0.4, -0.2) is 25.7 Å². The molecule has 5 nitrogen and oxygen atoms in total. The van der Waals surface area contributed by atoms with Crippen LogP contribution in [0.3, 0.4) is 0 Å². The molecule has 0 radical (unpaired) electrons. The van der Waals surface area contributed by atoms with E-state index in [1.165, 1.54) is 12.5 Å². The third-order valence-corrected chi connectivity index (χ3v) is 5.63. The van der Waals surface area contributed by atoms with Gasteiger partial charge in [0.2, 0.25) is 0 Å². The third-order valence-electron chi connectivity index (χ3n) is 5.63. The molecule has 0 fully saturated rings. The summed E-state index contributed by atoms with van der Waals surface area (Å²) < 4.78 is 38.9. The molecule has 0 aliphatic rings. The number of hydrogen-bond acceptors (Lipinski definition) is 4. The fourth-order valence-corrected chi connectivity index (χ4v) is 3.94. The fourth-order valence-electron chi connectivity index (χ4n) is 3.94. The van der Waals surface area contributed by atoms with Gasteiger partial charge < -0.3 is 4.98 Å². The van der Waals surface area contributed by atoms with Crippen molar-refractivity contribution < 1.29 is 18.0 Å². The van der Waals surface area contributed by atoms with Gasteiger partial charge in [0.25, 0.3) is 0 Å². The second-order valence-corrected chi connectivity index (χ2v) is 7.88. The molecule has 5 aromatic rings. The number of ketones is 1. The number of nitrogens with one attached hydrogen (secondary N) is 1. The van der Waals surface area contributed by atoms with E-state index in [0.29, 0.717) is 5.56 Å². The predicted octanol–water partition coefficient (Wildman–Crippen LogP) is 5.93. The SMILES string of the molecule is Cc1ccc(C(=O)Cc2cncc(C(F)(F)F)c2)cc1-c1ccc2c(c1)[nH]c1ncncc12. The van der Waals surface area contributed by atoms with E-state index in [0.717, 1.165) is 50.9 Å². The highest BCUT2D eigenvalue weighted by atomic mass is 19.4. The molecule has 0 atom stereocenters. The maximum Gasteiger partial charge on any atom is 0.417 e. The lowest BCUT2D eigenvalue weighted by atomic mass is 9.94. The van der Waals surface area contributed by atoms with Crippen LogP contribution in [0.1, 0.15) is 27.0 Å². The molecule has 0 unspecified atom stereocenters. The first kappa shape index (κ1) is 20.8. The van der Waals surface area contributed by atoms with Gasteiger partial charge in [-0.25, -0.2) is 9.97 Å². The van der Waals surface area contributed by atoms with Gasteiger partial charge in [-0.3, -0.25) is 9.78 Å². The number of aromatic nitrogens is 4. The molecule has 164 valence electrons. The Hall–Kier alpha value is -4.07. The molecule has 3 heterocycles. The number of H-pyrrole nitrogens is 1. The molecule has 0 aliphatic carbocycles. The van der Waals surface area contributed by atoms with Crippen molar-refractivity contribution in [3.8, 4) is 11.1 Å². The van der Waals surface area contributed by atoms with E-state index in [9.17, 15) is 18.0 Å². The Labute approximate surface area is 186 Å². The Morgan fingerprint density at radius 2 is 1.82 bits per heavy atom. The van der Waals surface area contributed by atoms with E-state index >= 15 is 0 Å². The summed E-state index contributed by atoms with van der Waals surface area (Å²) in [7, 11) is 0. The molecular formula is C25H17F3N4O. The van der Waals surface area contributed by atoms with Gasteiger partial charge in [0, 0.05) is 46.9 Å². The fraction of sp³-hybridized carbons (Fsp3) is 0.120. The second-order valence-electron chi connectivity index (χ2n) is 7.88. The van der Waals surface area contributed by atoms with Gasteiger partial charge in [0.15, 0.2) is 5.78 Å². The zero-order valence-corrected chi connectivity index (χ0v) is 17.4. The van der Waals surface area contributed by atoms with E-state index in [2.05, 4.69) is 19.9 Å². The first-order valence-electron chi connectivity index (χ1n) is 10.2. The molecule has 1 N–H and O–H groups in total. The van der Waals surface area contributed by atoms with Crippen molar-refractivity contribution in [1.82, 2.24) is 19.9 Å². The van der Waals surface area contributed by atoms with Crippen molar-refractivity contribution in [3.05, 3.63) is 89.6 Å². The van der Waals surface area contributed by atoms with E-state index in [1.54, 1.807) is 18.3 Å². The number of fused-ring (bicyclic) bond motifs is 3. The van der Waals surface area contributed by atoms with E-state index < -0.39 is 11.7 Å². The van der Waals surface area contributed by atoms with Gasteiger partial charge in [-0.1, -0.05) is 24.3 Å². The Balaban J connectivity index is 1.48. The maximum absolute atomic E-state index is 13.0. The second kappa shape index (κ2) is 7.81. The number of aromatic amines is 1. The van der Waals surface area contributed by atoms with Crippen molar-refractivity contribution >= 4 is 27.7 Å². The molecular weight excluding hydrogens is 429 g/mol. The zero-order chi connectivity index (χ0) is 23.2. The average Bonchev–Trinajstić information content (AvgIpc) is 3.17. The summed E-state index contributed by atoms with van der Waals surface area (Å²) in [5.74, 6) is -0.278. The van der Waals surface area contributed by atoms with Crippen molar-refractivity contribution in [1.29, 1.82) is 0 Å². The number of benzene rings is 2. The van der Waals surface area contributed by atoms with Crippen LogP contribution in [0.25, 0.3) is 33.1 Å². The van der Waals surface area contributed by atoms with Crippen LogP contribution in [0, 0.1) is 6.92 Å². The normalized spacial score (nSPS) is 11.9. The van der Waals surface area contributed by atoms with E-state index in [4.69, 9.17) is 0 Å². The molecule has 0 aliphatic heterocycles. The number of Topliss-reactive ketones (excluding diaryl/α,β-unsaturated/α-hetero) is 1. The largest absolute Gasteiger partial charge is 0.417 e. The van der Waals surface area contributed by atoms with Gasteiger partial charge in [-0.2, -0.15) is 13.2 Å². The highest BCUT2D eigenvalue weighted by molar-refractivity contribution is 6.06. The van der Waals surface area contributed by atoms with Gasteiger partial charge in [-0.05, 0) is 47.4 Å². The Bertz CT molecular complexity index is 1520. The zero-order valence-electron chi connectivity index (χ0n) is 17.4. The maximum atomic E-state index is 13.0. The topological polar surface area (TPSA) is 71.5 Å². The first-order valence-corrected chi connectivity index (χ1v) is 10.2. The quantitative estimate of drug-likeness (QED) is 0.348. The van der Waals surface area contributed by atoms with Crippen molar-refractivity contribution in [2.75, 3.05) is 0 Å². The van der Waals surface area contributed by atoms with E-state index in [-0.39, 0.29) is 17.8 Å². The minimum absolute atomic E-state index is 0.168. The molecule has 0 spiro atoms. The smallest absolute Gasteiger partial charge is 0.339 e. The van der Waals surface area contributed by atoms with Crippen LogP contribution < -0.4 is 0 Å². The van der Waals surface area contributed by atoms with Crippen LogP contribution in [0.15, 0.2) is 67.4 Å². The summed E-state index contributed by atoms with van der Waals surface area (Å²) in [5, 5.41) is 1.92. The molecule has 3 aromatic heterocycles. The minimum Gasteiger partial charge on any atom is -0.339 e. The standard InChI is InChI=1S/C25H17F3N4O/c1-14-2-3-17(23(33)7-15-6-18(11-29-10-15)25(26,27)28)8-20(14)16-4-5-19-21-12-30-13-31-24(21)32-22(19)9-16/h2-6,8-13H,7H2,1H3,(H,30,31,32). The molecule has 8 heteroatoms. The summed E-state index contributed by atoms with van der Waals surface area (Å²) in [5.41, 5.74) is 4.18. The average molecular weight is 446 g/mol. The van der Waals surface area contributed by atoms with Crippen LogP contribution >= 0.6 is 0 Å². The molecule has 2 aromatic carbocycles. The van der Waals surface area contributed by atoms with Crippen molar-refractivity contribution in [2.24, 2.45) is 0 Å². The van der Waals surface area contributed by atoms with Crippen LogP contribution in [0.4, 0.5) is 13.2 Å². The van der Waals surface area contributed by atoms with Gasteiger partial charge >= 0.3 is 6.18 Å². The summed E-state index contributed by atoms with van der Waals surface area (Å²) in [4.78, 5) is 28.1. The Morgan fingerprint density at radius 1 is 0.970 bits per heavy atom. The van der Waals surface area contributed by atoms with Gasteiger partial charge in [0.05, 0.1) is 5.56 Å². The number of carbonyl (C=O) groups excluding carboxylic acids is 1. The van der Waals surface area contributed by atoms with Crippen LogP contribution in [-0.2, 0) is 12.6 Å². The number of alkyl halides is 3. The number of carbonyl (C=O) groups is 1. The number of aryl methyl sites for hydroxylation is 1. The summed E-state index contributed by atoms with van der Waals surface area (Å²) in [6.07, 6.45) is 0.611. The van der Waals surface area contributed by atoms with Crippen molar-refractivity contribution in [2.45, 2.75) is 19.5 Å². The van der Waals surface area contributed by atoms with Gasteiger partial charge in [0.1, 0.15) is 12.0 Å². The number of halogens is 3. The van der Waals surface area contributed by atoms with Crippen LogP contribution in [0.2, 0.25) is 0 Å². The summed E-state index contributed by atoms with van der Waals surface area (Å²) >= 11 is 0. The number of nitrogens with zero attached hydrogens (tertiary/aromatic N) is 3. The lowest BCUT2D eigenvalue weighted by Gasteiger charge is -2.10.